The number of fused-ring (bicyclic) bond motifs is 5. The minimum atomic E-state index is 0.386. The van der Waals surface area contributed by atoms with E-state index in [1.807, 2.05) is 0 Å². The average Bonchev–Trinajstić information content (AvgIpc) is 2.53. The van der Waals surface area contributed by atoms with Crippen LogP contribution in [0.3, 0.4) is 0 Å². The van der Waals surface area contributed by atoms with E-state index in [0.717, 1.165) is 23.7 Å². The molecule has 0 aliphatic heterocycles. The molecule has 4 saturated carbocycles. The first-order valence-corrected chi connectivity index (χ1v) is 11.1. The van der Waals surface area contributed by atoms with Crippen LogP contribution >= 0.6 is 0 Å². The molecule has 25 heavy (non-hydrogen) atoms. The molecule has 4 aliphatic rings. The Bertz CT molecular complexity index is 522. The Morgan fingerprint density at radius 3 is 2.56 bits per heavy atom. The van der Waals surface area contributed by atoms with Crippen molar-refractivity contribution in [3.05, 3.63) is 12.2 Å². The highest BCUT2D eigenvalue weighted by molar-refractivity contribution is 5.13. The molecule has 0 heterocycles. The minimum absolute atomic E-state index is 0.386. The van der Waals surface area contributed by atoms with Crippen molar-refractivity contribution in [3.8, 4) is 0 Å². The van der Waals surface area contributed by atoms with Gasteiger partial charge in [0.2, 0.25) is 0 Å². The lowest BCUT2D eigenvalue weighted by Gasteiger charge is -2.62. The summed E-state index contributed by atoms with van der Waals surface area (Å²) in [6.45, 7) is 14.0. The molecule has 0 amide bonds. The summed E-state index contributed by atoms with van der Waals surface area (Å²) in [7, 11) is 0. The number of hydrogen-bond donors (Lipinski definition) is 0. The zero-order valence-electron chi connectivity index (χ0n) is 17.2. The highest BCUT2D eigenvalue weighted by Gasteiger charge is 2.57. The third-order valence-corrected chi connectivity index (χ3v) is 9.06. The molecule has 0 spiro atoms. The van der Waals surface area contributed by atoms with Crippen molar-refractivity contribution in [2.75, 3.05) is 0 Å². The fourth-order valence-electron chi connectivity index (χ4n) is 7.92. The second-order valence-corrected chi connectivity index (χ2v) is 10.9. The van der Waals surface area contributed by atoms with Gasteiger partial charge in [0.1, 0.15) is 0 Å². The molecule has 0 radical (unpaired) electrons. The zero-order chi connectivity index (χ0) is 17.8. The lowest BCUT2D eigenvalue weighted by molar-refractivity contribution is -0.144. The Morgan fingerprint density at radius 1 is 1.00 bits per heavy atom. The van der Waals surface area contributed by atoms with Crippen LogP contribution in [-0.4, -0.2) is 12.2 Å². The van der Waals surface area contributed by atoms with E-state index < -0.39 is 0 Å². The predicted octanol–water partition coefficient (Wildman–Crippen LogP) is 6.77. The molecule has 142 valence electrons. The van der Waals surface area contributed by atoms with Gasteiger partial charge in [0.15, 0.2) is 0 Å². The molecule has 4 aliphatic carbocycles. The molecular formula is C24H40O. The summed E-state index contributed by atoms with van der Waals surface area (Å²) in [5, 5.41) is 0. The maximum Gasteiger partial charge on any atom is 0.0581 e. The summed E-state index contributed by atoms with van der Waals surface area (Å²) in [5.74, 6) is 3.86. The molecule has 0 bridgehead atoms. The van der Waals surface area contributed by atoms with Crippen LogP contribution in [0.5, 0.6) is 0 Å². The van der Waals surface area contributed by atoms with Crippen molar-refractivity contribution in [1.82, 2.24) is 0 Å². The Labute approximate surface area is 156 Å². The molecule has 0 aromatic carbocycles. The number of ether oxygens (including phenoxy) is 1. The predicted molar refractivity (Wildman–Crippen MR) is 105 cm³/mol. The van der Waals surface area contributed by atoms with E-state index in [2.05, 4.69) is 34.3 Å². The molecule has 0 N–H and O–H groups in total. The van der Waals surface area contributed by atoms with E-state index in [9.17, 15) is 0 Å². The van der Waals surface area contributed by atoms with Gasteiger partial charge in [-0.2, -0.15) is 0 Å². The SMILES string of the molecule is C=C1CC[C@H]2[C@@H]3CC[C@H]4C[C@@H](OC(C)C)CC[C@]4(C)[C@H]3CC[C@]2(C)C1. The lowest BCUT2D eigenvalue weighted by Crippen LogP contribution is -2.55. The summed E-state index contributed by atoms with van der Waals surface area (Å²) in [6.07, 6.45) is 14.9. The maximum atomic E-state index is 6.23. The fraction of sp³-hybridized carbons (Fsp3) is 0.917. The summed E-state index contributed by atoms with van der Waals surface area (Å²) >= 11 is 0. The van der Waals surface area contributed by atoms with Crippen LogP contribution in [0.1, 0.15) is 91.9 Å². The van der Waals surface area contributed by atoms with Crippen molar-refractivity contribution >= 4 is 0 Å². The van der Waals surface area contributed by atoms with Gasteiger partial charge < -0.3 is 4.74 Å². The Kier molecular flexibility index (Phi) is 4.63. The summed E-state index contributed by atoms with van der Waals surface area (Å²) in [6, 6.07) is 0. The highest BCUT2D eigenvalue weighted by Crippen LogP contribution is 2.65. The molecule has 1 nitrogen and oxygen atoms in total. The molecule has 0 saturated heterocycles. The van der Waals surface area contributed by atoms with Crippen molar-refractivity contribution < 1.29 is 4.74 Å². The first-order valence-electron chi connectivity index (χ1n) is 11.1. The number of allylic oxidation sites excluding steroid dienone is 1. The molecule has 4 rings (SSSR count). The minimum Gasteiger partial charge on any atom is -0.376 e. The van der Waals surface area contributed by atoms with Crippen LogP contribution in [0.2, 0.25) is 0 Å². The van der Waals surface area contributed by atoms with Gasteiger partial charge in [-0.15, -0.1) is 0 Å². The quantitative estimate of drug-likeness (QED) is 0.502. The third-order valence-electron chi connectivity index (χ3n) is 9.06. The van der Waals surface area contributed by atoms with E-state index in [1.165, 1.54) is 69.8 Å². The fourth-order valence-corrected chi connectivity index (χ4v) is 7.92. The van der Waals surface area contributed by atoms with Crippen LogP contribution in [0.25, 0.3) is 0 Å². The number of hydrogen-bond acceptors (Lipinski definition) is 1. The van der Waals surface area contributed by atoms with Gasteiger partial charge in [0, 0.05) is 0 Å². The van der Waals surface area contributed by atoms with Crippen molar-refractivity contribution in [1.29, 1.82) is 0 Å². The Hall–Kier alpha value is -0.300. The van der Waals surface area contributed by atoms with Crippen LogP contribution in [0.4, 0.5) is 0 Å². The summed E-state index contributed by atoms with van der Waals surface area (Å²) < 4.78 is 6.23. The molecule has 0 unspecified atom stereocenters. The van der Waals surface area contributed by atoms with E-state index in [1.54, 1.807) is 0 Å². The van der Waals surface area contributed by atoms with Crippen LogP contribution < -0.4 is 0 Å². The second kappa shape index (κ2) is 6.39. The molecule has 7 atom stereocenters. The largest absolute Gasteiger partial charge is 0.376 e. The van der Waals surface area contributed by atoms with Gasteiger partial charge in [-0.25, -0.2) is 0 Å². The molecule has 1 heteroatoms. The van der Waals surface area contributed by atoms with Crippen molar-refractivity contribution in [2.24, 2.45) is 34.5 Å². The van der Waals surface area contributed by atoms with Crippen LogP contribution in [0, 0.1) is 34.5 Å². The smallest absolute Gasteiger partial charge is 0.0581 e. The van der Waals surface area contributed by atoms with Gasteiger partial charge in [0.25, 0.3) is 0 Å². The van der Waals surface area contributed by atoms with E-state index in [0.29, 0.717) is 23.0 Å². The zero-order valence-corrected chi connectivity index (χ0v) is 17.2. The second-order valence-electron chi connectivity index (χ2n) is 10.9. The monoisotopic (exact) mass is 344 g/mol. The van der Waals surface area contributed by atoms with E-state index in [-0.39, 0.29) is 0 Å². The van der Waals surface area contributed by atoms with Gasteiger partial charge >= 0.3 is 0 Å². The first kappa shape index (κ1) is 18.1. The Morgan fingerprint density at radius 2 is 1.80 bits per heavy atom. The van der Waals surface area contributed by atoms with Crippen molar-refractivity contribution in [2.45, 2.75) is 104 Å². The normalized spacial score (nSPS) is 50.1. The summed E-state index contributed by atoms with van der Waals surface area (Å²) in [5.41, 5.74) is 2.69. The van der Waals surface area contributed by atoms with Crippen LogP contribution in [0.15, 0.2) is 12.2 Å². The van der Waals surface area contributed by atoms with Gasteiger partial charge in [-0.05, 0) is 113 Å². The molecule has 0 aromatic heterocycles. The maximum absolute atomic E-state index is 6.23. The van der Waals surface area contributed by atoms with Crippen LogP contribution in [-0.2, 0) is 4.74 Å². The summed E-state index contributed by atoms with van der Waals surface area (Å²) in [4.78, 5) is 0. The average molecular weight is 345 g/mol. The first-order chi connectivity index (χ1) is 11.8. The molecule has 4 fully saturated rings. The highest BCUT2D eigenvalue weighted by atomic mass is 16.5. The molecular weight excluding hydrogens is 304 g/mol. The van der Waals surface area contributed by atoms with Crippen molar-refractivity contribution in [3.63, 3.8) is 0 Å². The van der Waals surface area contributed by atoms with Gasteiger partial charge in [-0.3, -0.25) is 0 Å². The van der Waals surface area contributed by atoms with Gasteiger partial charge in [0.05, 0.1) is 12.2 Å². The molecule has 0 aromatic rings. The standard InChI is InChI=1S/C24H40O/c1-16(2)25-19-10-13-24(5)18(14-19)7-8-20-21-9-6-17(3)15-23(21,4)12-11-22(20)24/h16,18-22H,3,6-15H2,1-2,4-5H3/t18-,19-,20-,21-,22-,23+,24-/m0/s1. The topological polar surface area (TPSA) is 9.23 Å². The van der Waals surface area contributed by atoms with E-state index in [4.69, 9.17) is 4.74 Å². The number of rotatable bonds is 2. The van der Waals surface area contributed by atoms with Gasteiger partial charge in [-0.1, -0.05) is 26.0 Å². The van der Waals surface area contributed by atoms with E-state index >= 15 is 0 Å². The third kappa shape index (κ3) is 3.03. The Balaban J connectivity index is 1.52. The lowest BCUT2D eigenvalue weighted by atomic mass is 9.43.